The molecule has 0 fully saturated rings. The Labute approximate surface area is 103 Å². The number of alkyl halides is 1. The lowest BCUT2D eigenvalue weighted by Gasteiger charge is -2.14. The lowest BCUT2D eigenvalue weighted by Crippen LogP contribution is -2.08. The monoisotopic (exact) mass is 249 g/mol. The van der Waals surface area contributed by atoms with Crippen molar-refractivity contribution < 1.29 is 18.8 Å². The number of hydrogen-bond donors (Lipinski definition) is 1. The zero-order valence-electron chi connectivity index (χ0n) is 9.98. The zero-order valence-corrected chi connectivity index (χ0v) is 9.98. The molecule has 2 aromatic rings. The highest BCUT2D eigenvalue weighted by molar-refractivity contribution is 5.86. The minimum Gasteiger partial charge on any atom is -0.476 e. The van der Waals surface area contributed by atoms with E-state index < -0.39 is 11.6 Å². The van der Waals surface area contributed by atoms with Gasteiger partial charge in [0.15, 0.2) is 11.5 Å². The lowest BCUT2D eigenvalue weighted by atomic mass is 9.98. The van der Waals surface area contributed by atoms with E-state index in [1.807, 2.05) is 0 Å². The smallest absolute Gasteiger partial charge is 0.358 e. The molecule has 0 aliphatic rings. The van der Waals surface area contributed by atoms with Crippen LogP contribution < -0.4 is 0 Å². The Morgan fingerprint density at radius 1 is 1.33 bits per heavy atom. The maximum atomic E-state index is 13.7. The summed E-state index contributed by atoms with van der Waals surface area (Å²) in [4.78, 5) is 10.7. The number of hydrogen-bond acceptors (Lipinski definition) is 3. The number of halogens is 1. The Morgan fingerprint density at radius 3 is 2.39 bits per heavy atom. The fraction of sp³-hybridized carbons (Fsp3) is 0.231. The Morgan fingerprint density at radius 2 is 1.94 bits per heavy atom. The molecule has 0 unspecified atom stereocenters. The second kappa shape index (κ2) is 4.25. The molecule has 0 saturated carbocycles. The normalized spacial score (nSPS) is 11.5. The van der Waals surface area contributed by atoms with E-state index in [2.05, 4.69) is 5.16 Å². The van der Waals surface area contributed by atoms with Crippen LogP contribution in [-0.2, 0) is 5.67 Å². The largest absolute Gasteiger partial charge is 0.476 e. The van der Waals surface area contributed by atoms with Crippen molar-refractivity contribution in [3.05, 3.63) is 41.6 Å². The summed E-state index contributed by atoms with van der Waals surface area (Å²) < 4.78 is 18.6. The zero-order chi connectivity index (χ0) is 13.3. The standard InChI is InChI=1S/C13H12FNO3/c1-13(2,14)9-5-3-8(4-6-9)11-7-10(12(16)17)15-18-11/h3-7H,1-2H3,(H,16,17). The van der Waals surface area contributed by atoms with Gasteiger partial charge in [0.1, 0.15) is 5.67 Å². The van der Waals surface area contributed by atoms with Crippen molar-refractivity contribution in [3.8, 4) is 11.3 Å². The van der Waals surface area contributed by atoms with E-state index in [-0.39, 0.29) is 5.69 Å². The number of aromatic carboxylic acids is 1. The molecule has 0 radical (unpaired) electrons. The van der Waals surface area contributed by atoms with Gasteiger partial charge in [-0.25, -0.2) is 9.18 Å². The first kappa shape index (κ1) is 12.3. The quantitative estimate of drug-likeness (QED) is 0.906. The molecule has 0 amide bonds. The van der Waals surface area contributed by atoms with Crippen molar-refractivity contribution in [2.45, 2.75) is 19.5 Å². The van der Waals surface area contributed by atoms with Crippen LogP contribution in [0.3, 0.4) is 0 Å². The van der Waals surface area contributed by atoms with Crippen molar-refractivity contribution in [2.75, 3.05) is 0 Å². The molecule has 94 valence electrons. The van der Waals surface area contributed by atoms with E-state index in [0.29, 0.717) is 16.9 Å². The third-order valence-corrected chi connectivity index (χ3v) is 2.59. The van der Waals surface area contributed by atoms with Crippen LogP contribution in [-0.4, -0.2) is 16.2 Å². The molecule has 0 aliphatic heterocycles. The number of nitrogens with zero attached hydrogens (tertiary/aromatic N) is 1. The van der Waals surface area contributed by atoms with Gasteiger partial charge < -0.3 is 9.63 Å². The number of carbonyl (C=O) groups is 1. The fourth-order valence-electron chi connectivity index (χ4n) is 1.54. The minimum atomic E-state index is -1.41. The van der Waals surface area contributed by atoms with E-state index in [0.717, 1.165) is 0 Å². The van der Waals surface area contributed by atoms with Crippen LogP contribution in [0.15, 0.2) is 34.9 Å². The second-order valence-corrected chi connectivity index (χ2v) is 4.43. The molecule has 1 aromatic carbocycles. The molecule has 18 heavy (non-hydrogen) atoms. The number of benzene rings is 1. The van der Waals surface area contributed by atoms with Gasteiger partial charge in [0.05, 0.1) is 0 Å². The van der Waals surface area contributed by atoms with Gasteiger partial charge >= 0.3 is 5.97 Å². The highest BCUT2D eigenvalue weighted by Crippen LogP contribution is 2.27. The third-order valence-electron chi connectivity index (χ3n) is 2.59. The predicted octanol–water partition coefficient (Wildman–Crippen LogP) is 3.24. The molecule has 1 heterocycles. The molecule has 0 spiro atoms. The number of carboxylic acids is 1. The number of aromatic nitrogens is 1. The first-order valence-corrected chi connectivity index (χ1v) is 5.38. The Bertz CT molecular complexity index is 567. The average molecular weight is 249 g/mol. The molecule has 0 aliphatic carbocycles. The van der Waals surface area contributed by atoms with E-state index in [1.54, 1.807) is 24.3 Å². The molecule has 0 saturated heterocycles. The summed E-state index contributed by atoms with van der Waals surface area (Å²) in [5, 5.41) is 12.1. The molecular formula is C13H12FNO3. The van der Waals surface area contributed by atoms with Gasteiger partial charge in [0.2, 0.25) is 0 Å². The molecule has 1 N–H and O–H groups in total. The molecule has 2 rings (SSSR count). The van der Waals surface area contributed by atoms with E-state index in [1.165, 1.54) is 19.9 Å². The van der Waals surface area contributed by atoms with E-state index in [4.69, 9.17) is 9.63 Å². The molecule has 5 heteroatoms. The molecule has 0 atom stereocenters. The Balaban J connectivity index is 2.31. The second-order valence-electron chi connectivity index (χ2n) is 4.43. The fourth-order valence-corrected chi connectivity index (χ4v) is 1.54. The van der Waals surface area contributed by atoms with Crippen LogP contribution in [0, 0.1) is 0 Å². The van der Waals surface area contributed by atoms with Crippen LogP contribution in [0.25, 0.3) is 11.3 Å². The van der Waals surface area contributed by atoms with Gasteiger partial charge in [0, 0.05) is 11.6 Å². The lowest BCUT2D eigenvalue weighted by molar-refractivity contribution is 0.0686. The topological polar surface area (TPSA) is 63.3 Å². The summed E-state index contributed by atoms with van der Waals surface area (Å²) in [7, 11) is 0. The van der Waals surface area contributed by atoms with E-state index >= 15 is 0 Å². The van der Waals surface area contributed by atoms with Crippen LogP contribution >= 0.6 is 0 Å². The van der Waals surface area contributed by atoms with Crippen LogP contribution in [0.1, 0.15) is 29.9 Å². The van der Waals surface area contributed by atoms with Crippen molar-refractivity contribution >= 4 is 5.97 Å². The van der Waals surface area contributed by atoms with Crippen molar-refractivity contribution in [1.29, 1.82) is 0 Å². The van der Waals surface area contributed by atoms with Gasteiger partial charge in [-0.1, -0.05) is 29.4 Å². The van der Waals surface area contributed by atoms with Crippen LogP contribution in [0.2, 0.25) is 0 Å². The summed E-state index contributed by atoms with van der Waals surface area (Å²) >= 11 is 0. The van der Waals surface area contributed by atoms with Gasteiger partial charge in [-0.05, 0) is 19.4 Å². The highest BCUT2D eigenvalue weighted by Gasteiger charge is 2.19. The average Bonchev–Trinajstić information content (AvgIpc) is 2.77. The highest BCUT2D eigenvalue weighted by atomic mass is 19.1. The Hall–Kier alpha value is -2.17. The maximum absolute atomic E-state index is 13.7. The SMILES string of the molecule is CC(C)(F)c1ccc(-c2cc(C(=O)O)no2)cc1. The molecular weight excluding hydrogens is 237 g/mol. The van der Waals surface area contributed by atoms with Crippen molar-refractivity contribution in [1.82, 2.24) is 5.16 Å². The van der Waals surface area contributed by atoms with Gasteiger partial charge in [-0.15, -0.1) is 0 Å². The first-order chi connectivity index (χ1) is 8.38. The summed E-state index contributed by atoms with van der Waals surface area (Å²) in [6, 6.07) is 7.94. The minimum absolute atomic E-state index is 0.153. The molecule has 0 bridgehead atoms. The Kier molecular flexibility index (Phi) is 2.90. The van der Waals surface area contributed by atoms with Gasteiger partial charge in [-0.3, -0.25) is 0 Å². The van der Waals surface area contributed by atoms with Crippen molar-refractivity contribution in [2.24, 2.45) is 0 Å². The van der Waals surface area contributed by atoms with Crippen LogP contribution in [0.4, 0.5) is 4.39 Å². The first-order valence-electron chi connectivity index (χ1n) is 5.38. The predicted molar refractivity (Wildman–Crippen MR) is 63.0 cm³/mol. The van der Waals surface area contributed by atoms with Gasteiger partial charge in [0.25, 0.3) is 0 Å². The van der Waals surface area contributed by atoms with E-state index in [9.17, 15) is 9.18 Å². The summed E-state index contributed by atoms with van der Waals surface area (Å²) in [5.74, 6) is -0.804. The number of carboxylic acid groups (broad SMARTS) is 1. The third kappa shape index (κ3) is 2.40. The van der Waals surface area contributed by atoms with Crippen LogP contribution in [0.5, 0.6) is 0 Å². The van der Waals surface area contributed by atoms with Crippen molar-refractivity contribution in [3.63, 3.8) is 0 Å². The summed E-state index contributed by atoms with van der Waals surface area (Å²) in [6.07, 6.45) is 0. The maximum Gasteiger partial charge on any atom is 0.358 e. The summed E-state index contributed by atoms with van der Waals surface area (Å²) in [6.45, 7) is 2.94. The molecule has 4 nitrogen and oxygen atoms in total. The number of rotatable bonds is 3. The molecule has 1 aromatic heterocycles. The van der Waals surface area contributed by atoms with Gasteiger partial charge in [-0.2, -0.15) is 0 Å². The summed E-state index contributed by atoms with van der Waals surface area (Å²) in [5.41, 5.74) is -0.362.